The molecule has 1 amide bonds. The zero-order valence-corrected chi connectivity index (χ0v) is 17.4. The molecule has 0 radical (unpaired) electrons. The van der Waals surface area contributed by atoms with Crippen molar-refractivity contribution in [3.63, 3.8) is 0 Å². The van der Waals surface area contributed by atoms with E-state index in [0.717, 1.165) is 64.5 Å². The van der Waals surface area contributed by atoms with E-state index in [0.29, 0.717) is 0 Å². The first-order chi connectivity index (χ1) is 13.7. The van der Waals surface area contributed by atoms with Gasteiger partial charge in [-0.1, -0.05) is 6.07 Å². The number of piperazine rings is 1. The van der Waals surface area contributed by atoms with Crippen molar-refractivity contribution < 1.29 is 19.3 Å². The summed E-state index contributed by atoms with van der Waals surface area (Å²) in [5, 5.41) is 5.21. The number of hydrogen-bond donors (Lipinski definition) is 3. The molecule has 3 heterocycles. The molecule has 2 aromatic rings. The fourth-order valence-electron chi connectivity index (χ4n) is 4.28. The minimum atomic E-state index is 0.0297. The fourth-order valence-corrected chi connectivity index (χ4v) is 4.98. The van der Waals surface area contributed by atoms with Gasteiger partial charge in [0.25, 0.3) is 5.91 Å². The van der Waals surface area contributed by atoms with Crippen molar-refractivity contribution in [1.29, 1.82) is 0 Å². The van der Waals surface area contributed by atoms with Gasteiger partial charge in [0.15, 0.2) is 6.04 Å². The van der Waals surface area contributed by atoms with E-state index in [1.165, 1.54) is 20.9 Å². The number of ether oxygens (including phenoxy) is 1. The molecule has 5 nitrogen and oxygen atoms in total. The number of amides is 1. The first-order valence-corrected chi connectivity index (χ1v) is 11.3. The first kappa shape index (κ1) is 19.4. The second kappa shape index (κ2) is 9.07. The van der Waals surface area contributed by atoms with Crippen LogP contribution in [0.2, 0.25) is 0 Å². The molecule has 28 heavy (non-hydrogen) atoms. The number of fused-ring (bicyclic) bond motifs is 1. The van der Waals surface area contributed by atoms with Gasteiger partial charge < -0.3 is 19.9 Å². The summed E-state index contributed by atoms with van der Waals surface area (Å²) in [7, 11) is 0. The Hall–Kier alpha value is -1.89. The molecular formula is C22H31N3O2S+2. The number of thiophene rings is 1. The maximum atomic E-state index is 12.5. The number of quaternary nitrogens is 2. The summed E-state index contributed by atoms with van der Waals surface area (Å²) in [6.07, 6.45) is 1.96. The topological polar surface area (TPSA) is 47.2 Å². The van der Waals surface area contributed by atoms with Crippen LogP contribution in [0.15, 0.2) is 35.7 Å². The van der Waals surface area contributed by atoms with Crippen LogP contribution in [0.4, 0.5) is 0 Å². The van der Waals surface area contributed by atoms with Gasteiger partial charge in [-0.15, -0.1) is 11.3 Å². The Morgan fingerprint density at radius 2 is 2.11 bits per heavy atom. The minimum Gasteiger partial charge on any atom is -0.493 e. The lowest BCUT2D eigenvalue weighted by Crippen LogP contribution is -3.29. The number of rotatable bonds is 7. The summed E-state index contributed by atoms with van der Waals surface area (Å²) in [4.78, 5) is 16.9. The first-order valence-electron chi connectivity index (χ1n) is 10.4. The molecule has 150 valence electrons. The van der Waals surface area contributed by atoms with E-state index in [9.17, 15) is 4.79 Å². The van der Waals surface area contributed by atoms with Crippen LogP contribution >= 0.6 is 11.3 Å². The summed E-state index contributed by atoms with van der Waals surface area (Å²) in [6.45, 7) is 9.05. The molecule has 4 rings (SSSR count). The highest BCUT2D eigenvalue weighted by Gasteiger charge is 2.31. The number of hydrogen-bond acceptors (Lipinski definition) is 3. The third-order valence-corrected chi connectivity index (χ3v) is 7.00. The van der Waals surface area contributed by atoms with E-state index in [4.69, 9.17) is 4.74 Å². The van der Waals surface area contributed by atoms with Crippen LogP contribution in [0, 0.1) is 0 Å². The molecular weight excluding hydrogens is 370 g/mol. The molecule has 0 spiro atoms. The summed E-state index contributed by atoms with van der Waals surface area (Å²) in [5.74, 6) is 1.25. The van der Waals surface area contributed by atoms with E-state index < -0.39 is 0 Å². The Balaban J connectivity index is 1.20. The van der Waals surface area contributed by atoms with Gasteiger partial charge in [-0.2, -0.15) is 0 Å². The van der Waals surface area contributed by atoms with E-state index in [-0.39, 0.29) is 11.9 Å². The largest absolute Gasteiger partial charge is 0.493 e. The molecule has 0 bridgehead atoms. The van der Waals surface area contributed by atoms with E-state index >= 15 is 0 Å². The van der Waals surface area contributed by atoms with Crippen molar-refractivity contribution in [3.05, 3.63) is 51.7 Å². The van der Waals surface area contributed by atoms with E-state index in [1.807, 2.05) is 0 Å². The molecule has 2 aliphatic rings. The molecule has 2 aliphatic heterocycles. The van der Waals surface area contributed by atoms with Gasteiger partial charge in [0.1, 0.15) is 38.5 Å². The van der Waals surface area contributed by atoms with Crippen LogP contribution in [0.25, 0.3) is 0 Å². The van der Waals surface area contributed by atoms with Crippen molar-refractivity contribution in [2.75, 3.05) is 39.3 Å². The van der Waals surface area contributed by atoms with E-state index in [2.05, 4.69) is 48.0 Å². The van der Waals surface area contributed by atoms with Crippen molar-refractivity contribution in [2.45, 2.75) is 32.4 Å². The predicted octanol–water partition coefficient (Wildman–Crippen LogP) is -0.286. The van der Waals surface area contributed by atoms with Crippen LogP contribution < -0.4 is 19.9 Å². The third kappa shape index (κ3) is 4.74. The lowest BCUT2D eigenvalue weighted by atomic mass is 10.1. The third-order valence-electron chi connectivity index (χ3n) is 6.06. The van der Waals surface area contributed by atoms with Gasteiger partial charge in [-0.3, -0.25) is 4.79 Å². The molecule has 6 heteroatoms. The highest BCUT2D eigenvalue weighted by Crippen LogP contribution is 2.25. The van der Waals surface area contributed by atoms with E-state index in [1.54, 1.807) is 16.2 Å². The summed E-state index contributed by atoms with van der Waals surface area (Å²) < 4.78 is 5.61. The maximum absolute atomic E-state index is 12.5. The summed E-state index contributed by atoms with van der Waals surface area (Å²) in [5.41, 5.74) is 2.76. The summed E-state index contributed by atoms with van der Waals surface area (Å²) in [6, 6.07) is 10.9. The van der Waals surface area contributed by atoms with Crippen molar-refractivity contribution in [2.24, 2.45) is 0 Å². The Morgan fingerprint density at radius 1 is 1.25 bits per heavy atom. The predicted molar refractivity (Wildman–Crippen MR) is 111 cm³/mol. The van der Waals surface area contributed by atoms with Gasteiger partial charge >= 0.3 is 0 Å². The second-order valence-electron chi connectivity index (χ2n) is 7.97. The Kier molecular flexibility index (Phi) is 6.29. The van der Waals surface area contributed by atoms with Gasteiger partial charge in [0.2, 0.25) is 0 Å². The standard InChI is InChI=1S/C22H29N3O2S/c1-17(22(26)23-8-6-20-3-2-14-28-20)25-11-9-24(10-12-25)16-18-4-5-21-19(15-18)7-13-27-21/h2-5,14-15,17H,6-13,16H2,1H3,(H,23,26)/p+2/t17-/m0/s1. The van der Waals surface area contributed by atoms with Crippen LogP contribution in [-0.4, -0.2) is 51.3 Å². The second-order valence-corrected chi connectivity index (χ2v) is 9.00. The van der Waals surface area contributed by atoms with Crippen molar-refractivity contribution >= 4 is 17.2 Å². The quantitative estimate of drug-likeness (QED) is 0.597. The number of carbonyl (C=O) groups excluding carboxylic acids is 1. The maximum Gasteiger partial charge on any atom is 0.278 e. The molecule has 3 N–H and O–H groups in total. The van der Waals surface area contributed by atoms with Gasteiger partial charge in [-0.25, -0.2) is 0 Å². The highest BCUT2D eigenvalue weighted by molar-refractivity contribution is 7.09. The van der Waals surface area contributed by atoms with Gasteiger partial charge in [0, 0.05) is 23.4 Å². The molecule has 0 aliphatic carbocycles. The zero-order chi connectivity index (χ0) is 19.3. The van der Waals surface area contributed by atoms with Crippen LogP contribution in [0.5, 0.6) is 5.75 Å². The van der Waals surface area contributed by atoms with Crippen LogP contribution in [0.3, 0.4) is 0 Å². The lowest BCUT2D eigenvalue weighted by molar-refractivity contribution is -1.02. The number of nitrogens with one attached hydrogen (secondary N) is 3. The van der Waals surface area contributed by atoms with Gasteiger partial charge in [0.05, 0.1) is 6.61 Å². The van der Waals surface area contributed by atoms with Crippen molar-refractivity contribution in [1.82, 2.24) is 5.32 Å². The van der Waals surface area contributed by atoms with Crippen molar-refractivity contribution in [3.8, 4) is 5.75 Å². The molecule has 0 unspecified atom stereocenters. The lowest BCUT2D eigenvalue weighted by Gasteiger charge is -2.32. The molecule has 1 aromatic carbocycles. The minimum absolute atomic E-state index is 0.0297. The summed E-state index contributed by atoms with van der Waals surface area (Å²) >= 11 is 1.75. The van der Waals surface area contributed by atoms with Crippen LogP contribution in [0.1, 0.15) is 22.9 Å². The molecule has 1 fully saturated rings. The Morgan fingerprint density at radius 3 is 2.89 bits per heavy atom. The highest BCUT2D eigenvalue weighted by atomic mass is 32.1. The average molecular weight is 402 g/mol. The number of benzene rings is 1. The number of carbonyl (C=O) groups is 1. The SMILES string of the molecule is C[C@@H](C(=O)NCCc1cccs1)[NH+]1CC[NH+](Cc2ccc3c(c2)CCO3)CC1. The van der Waals surface area contributed by atoms with Crippen LogP contribution in [-0.2, 0) is 24.2 Å². The molecule has 1 saturated heterocycles. The normalized spacial score (nSPS) is 22.3. The average Bonchev–Trinajstić information content (AvgIpc) is 3.39. The Labute approximate surface area is 171 Å². The Bertz CT molecular complexity index is 785. The zero-order valence-electron chi connectivity index (χ0n) is 16.6. The molecule has 1 aromatic heterocycles. The van der Waals surface area contributed by atoms with Gasteiger partial charge in [-0.05, 0) is 48.6 Å². The monoisotopic (exact) mass is 401 g/mol. The molecule has 0 saturated carbocycles. The smallest absolute Gasteiger partial charge is 0.278 e. The molecule has 1 atom stereocenters. The fraction of sp³-hybridized carbons (Fsp3) is 0.500.